The van der Waals surface area contributed by atoms with E-state index in [0.717, 1.165) is 16.1 Å². The Kier molecular flexibility index (Phi) is 3.34. The number of fused-ring (bicyclic) bond motifs is 1. The molecule has 1 aromatic rings. The molecule has 2 rings (SSSR count). The van der Waals surface area contributed by atoms with E-state index in [-0.39, 0.29) is 5.91 Å². The van der Waals surface area contributed by atoms with Gasteiger partial charge in [-0.3, -0.25) is 9.59 Å². The van der Waals surface area contributed by atoms with Crippen molar-refractivity contribution >= 4 is 29.3 Å². The number of carboxylic acids is 1. The van der Waals surface area contributed by atoms with Gasteiger partial charge in [-0.15, -0.1) is 11.8 Å². The zero-order chi connectivity index (χ0) is 13.3. The molecule has 0 atom stereocenters. The first-order valence-corrected chi connectivity index (χ1v) is 6.66. The van der Waals surface area contributed by atoms with Crippen molar-refractivity contribution in [2.45, 2.75) is 25.2 Å². The highest BCUT2D eigenvalue weighted by molar-refractivity contribution is 7.99. The van der Waals surface area contributed by atoms with Gasteiger partial charge >= 0.3 is 5.97 Å². The van der Waals surface area contributed by atoms with Gasteiger partial charge in [0.1, 0.15) is 0 Å². The van der Waals surface area contributed by atoms with E-state index in [4.69, 9.17) is 5.11 Å². The summed E-state index contributed by atoms with van der Waals surface area (Å²) in [5.74, 6) is -0.284. The minimum absolute atomic E-state index is 0.0121. The van der Waals surface area contributed by atoms with E-state index in [0.29, 0.717) is 12.2 Å². The molecule has 0 fully saturated rings. The molecule has 0 bridgehead atoms. The summed E-state index contributed by atoms with van der Waals surface area (Å²) in [6, 6.07) is 5.74. The number of amides is 1. The molecule has 1 aliphatic heterocycles. The van der Waals surface area contributed by atoms with Crippen molar-refractivity contribution in [2.24, 2.45) is 5.41 Å². The molecule has 96 valence electrons. The number of nitrogens with one attached hydrogen (secondary N) is 1. The molecule has 0 unspecified atom stereocenters. The first kappa shape index (κ1) is 13.0. The summed E-state index contributed by atoms with van der Waals surface area (Å²) < 4.78 is 0. The van der Waals surface area contributed by atoms with Crippen molar-refractivity contribution in [3.8, 4) is 0 Å². The predicted octanol–water partition coefficient (Wildman–Crippen LogP) is 2.38. The van der Waals surface area contributed by atoms with Crippen LogP contribution >= 0.6 is 11.8 Å². The van der Waals surface area contributed by atoms with Crippen LogP contribution in [0.1, 0.15) is 19.4 Å². The van der Waals surface area contributed by atoms with Crippen molar-refractivity contribution in [1.29, 1.82) is 0 Å². The van der Waals surface area contributed by atoms with Crippen LogP contribution in [-0.4, -0.2) is 22.7 Å². The van der Waals surface area contributed by atoms with E-state index < -0.39 is 11.4 Å². The summed E-state index contributed by atoms with van der Waals surface area (Å²) in [7, 11) is 0. The molecule has 4 nitrogen and oxygen atoms in total. The summed E-state index contributed by atoms with van der Waals surface area (Å²) in [6.45, 7) is 3.42. The van der Waals surface area contributed by atoms with Crippen LogP contribution in [0.5, 0.6) is 0 Å². The molecule has 1 heterocycles. The molecule has 0 spiro atoms. The number of benzene rings is 1. The minimum atomic E-state index is -0.798. The highest BCUT2D eigenvalue weighted by atomic mass is 32.2. The lowest BCUT2D eigenvalue weighted by molar-refractivity contribution is -0.145. The zero-order valence-corrected chi connectivity index (χ0v) is 11.1. The van der Waals surface area contributed by atoms with Crippen LogP contribution < -0.4 is 5.32 Å². The van der Waals surface area contributed by atoms with E-state index >= 15 is 0 Å². The Labute approximate surface area is 110 Å². The molecule has 0 aliphatic carbocycles. The number of carbonyl (C=O) groups excluding carboxylic acids is 1. The topological polar surface area (TPSA) is 66.4 Å². The second kappa shape index (κ2) is 4.65. The first-order chi connectivity index (χ1) is 8.38. The number of hydrogen-bond acceptors (Lipinski definition) is 3. The fraction of sp³-hybridized carbons (Fsp3) is 0.385. The van der Waals surface area contributed by atoms with Crippen LogP contribution in [0, 0.1) is 5.41 Å². The Balaban J connectivity index is 2.06. The van der Waals surface area contributed by atoms with Crippen LogP contribution in [0.25, 0.3) is 0 Å². The first-order valence-electron chi connectivity index (χ1n) is 5.67. The van der Waals surface area contributed by atoms with Gasteiger partial charge in [0, 0.05) is 16.3 Å². The minimum Gasteiger partial charge on any atom is -0.481 e. The summed E-state index contributed by atoms with van der Waals surface area (Å²) in [5, 5.41) is 11.8. The van der Waals surface area contributed by atoms with Crippen LogP contribution in [0.15, 0.2) is 23.1 Å². The molecule has 2 N–H and O–H groups in total. The summed E-state index contributed by atoms with van der Waals surface area (Å²) in [5.41, 5.74) is 1.09. The normalized spacial score (nSPS) is 14.2. The Morgan fingerprint density at radius 1 is 1.50 bits per heavy atom. The van der Waals surface area contributed by atoms with Gasteiger partial charge in [0.15, 0.2) is 0 Å². The average molecular weight is 265 g/mol. The van der Waals surface area contributed by atoms with Crippen molar-refractivity contribution in [2.75, 3.05) is 11.1 Å². The lowest BCUT2D eigenvalue weighted by Gasteiger charge is -2.18. The maximum absolute atomic E-state index is 11.2. The van der Waals surface area contributed by atoms with Gasteiger partial charge in [-0.25, -0.2) is 0 Å². The third kappa shape index (κ3) is 2.67. The Bertz CT molecular complexity index is 511. The zero-order valence-electron chi connectivity index (χ0n) is 10.3. The summed E-state index contributed by atoms with van der Waals surface area (Å²) >= 11 is 1.50. The highest BCUT2D eigenvalue weighted by Gasteiger charge is 2.27. The third-order valence-corrected chi connectivity index (χ3v) is 4.33. The van der Waals surface area contributed by atoms with Gasteiger partial charge in [-0.1, -0.05) is 0 Å². The number of carbonyl (C=O) groups is 2. The largest absolute Gasteiger partial charge is 0.481 e. The number of aliphatic carboxylic acids is 1. The van der Waals surface area contributed by atoms with Crippen LogP contribution in [0.4, 0.5) is 5.69 Å². The van der Waals surface area contributed by atoms with E-state index in [2.05, 4.69) is 5.32 Å². The van der Waals surface area contributed by atoms with Crippen LogP contribution in [0.3, 0.4) is 0 Å². The number of thioether (sulfide) groups is 1. The van der Waals surface area contributed by atoms with Gasteiger partial charge in [0.2, 0.25) is 5.91 Å². The maximum Gasteiger partial charge on any atom is 0.309 e. The second-order valence-electron chi connectivity index (χ2n) is 5.02. The standard InChI is InChI=1S/C13H15NO3S/c1-13(2,12(16)17)7-18-9-3-4-10-8(5-9)6-11(15)14-10/h3-5H,6-7H2,1-2H3,(H,14,15)(H,16,17). The van der Waals surface area contributed by atoms with E-state index in [1.807, 2.05) is 18.2 Å². The van der Waals surface area contributed by atoms with Crippen molar-refractivity contribution in [1.82, 2.24) is 0 Å². The summed E-state index contributed by atoms with van der Waals surface area (Å²) in [4.78, 5) is 23.2. The molecule has 0 saturated carbocycles. The van der Waals surface area contributed by atoms with Gasteiger partial charge in [-0.2, -0.15) is 0 Å². The highest BCUT2D eigenvalue weighted by Crippen LogP contribution is 2.32. The molecule has 5 heteroatoms. The van der Waals surface area contributed by atoms with Gasteiger partial charge in [0.25, 0.3) is 0 Å². The summed E-state index contributed by atoms with van der Waals surface area (Å²) in [6.07, 6.45) is 0.409. The fourth-order valence-electron chi connectivity index (χ4n) is 1.62. The maximum atomic E-state index is 11.2. The van der Waals surface area contributed by atoms with Gasteiger partial charge < -0.3 is 10.4 Å². The molecule has 1 aromatic carbocycles. The SMILES string of the molecule is CC(C)(CSc1ccc2c(c1)CC(=O)N2)C(=O)O. The molecular formula is C13H15NO3S. The van der Waals surface area contributed by atoms with E-state index in [9.17, 15) is 9.59 Å². The van der Waals surface area contributed by atoms with Gasteiger partial charge in [-0.05, 0) is 37.6 Å². The molecular weight excluding hydrogens is 250 g/mol. The number of anilines is 1. The van der Waals surface area contributed by atoms with Crippen molar-refractivity contribution < 1.29 is 14.7 Å². The molecule has 1 aliphatic rings. The molecule has 0 radical (unpaired) electrons. The van der Waals surface area contributed by atoms with E-state index in [1.165, 1.54) is 11.8 Å². The Morgan fingerprint density at radius 2 is 2.22 bits per heavy atom. The Morgan fingerprint density at radius 3 is 2.89 bits per heavy atom. The van der Waals surface area contributed by atoms with Crippen molar-refractivity contribution in [3.05, 3.63) is 23.8 Å². The third-order valence-electron chi connectivity index (χ3n) is 2.88. The van der Waals surface area contributed by atoms with Crippen LogP contribution in [-0.2, 0) is 16.0 Å². The second-order valence-corrected chi connectivity index (χ2v) is 6.07. The molecule has 18 heavy (non-hydrogen) atoms. The van der Waals surface area contributed by atoms with E-state index in [1.54, 1.807) is 13.8 Å². The predicted molar refractivity (Wildman–Crippen MR) is 70.9 cm³/mol. The monoisotopic (exact) mass is 265 g/mol. The van der Waals surface area contributed by atoms with Gasteiger partial charge in [0.05, 0.1) is 11.8 Å². The molecule has 1 amide bonds. The average Bonchev–Trinajstić information content (AvgIpc) is 2.65. The smallest absolute Gasteiger partial charge is 0.309 e. The quantitative estimate of drug-likeness (QED) is 0.820. The lowest BCUT2D eigenvalue weighted by atomic mass is 9.97. The molecule has 0 saturated heterocycles. The number of hydrogen-bond donors (Lipinski definition) is 2. The van der Waals surface area contributed by atoms with Crippen molar-refractivity contribution in [3.63, 3.8) is 0 Å². The Hall–Kier alpha value is -1.49. The van der Waals surface area contributed by atoms with Crippen LogP contribution in [0.2, 0.25) is 0 Å². The molecule has 0 aromatic heterocycles. The lowest BCUT2D eigenvalue weighted by Crippen LogP contribution is -2.26. The fourth-order valence-corrected chi connectivity index (χ4v) is 2.66. The number of carboxylic acid groups (broad SMARTS) is 1. The number of rotatable bonds is 4.